The van der Waals surface area contributed by atoms with E-state index in [2.05, 4.69) is 15.6 Å². The Hall–Kier alpha value is -3.48. The average molecular weight is 364 g/mol. The number of carbonyl (C=O) groups excluding carboxylic acids is 2. The molecule has 2 aromatic carbocycles. The Kier molecular flexibility index (Phi) is 5.30. The van der Waals surface area contributed by atoms with E-state index in [-0.39, 0.29) is 23.8 Å². The molecule has 1 aromatic heterocycles. The Labute approximate surface area is 156 Å². The maximum atomic E-state index is 12.4. The Balaban J connectivity index is 1.67. The summed E-state index contributed by atoms with van der Waals surface area (Å²) in [7, 11) is 3.22. The fraction of sp³-hybridized carbons (Fsp3) is 0.200. The van der Waals surface area contributed by atoms with Crippen molar-refractivity contribution < 1.29 is 9.59 Å². The van der Waals surface area contributed by atoms with E-state index in [1.54, 1.807) is 56.6 Å². The standard InChI is InChI=1S/C20H20N4O3/c1-21-19(26)13-7-9-14(10-8-13)22-18(25)12-11-17-23-16-6-4-3-5-15(16)20(27)24(17)2/h3-10H,11-12H2,1-2H3,(H,21,26)(H,22,25). The van der Waals surface area contributed by atoms with Gasteiger partial charge in [-0.2, -0.15) is 0 Å². The number of hydrogen-bond donors (Lipinski definition) is 2. The van der Waals surface area contributed by atoms with Gasteiger partial charge in [-0.1, -0.05) is 12.1 Å². The lowest BCUT2D eigenvalue weighted by atomic mass is 10.2. The van der Waals surface area contributed by atoms with E-state index in [1.165, 1.54) is 4.57 Å². The van der Waals surface area contributed by atoms with Crippen molar-refractivity contribution in [2.45, 2.75) is 12.8 Å². The van der Waals surface area contributed by atoms with E-state index in [9.17, 15) is 14.4 Å². The second-order valence-electron chi connectivity index (χ2n) is 6.11. The van der Waals surface area contributed by atoms with Crippen molar-refractivity contribution in [3.63, 3.8) is 0 Å². The summed E-state index contributed by atoms with van der Waals surface area (Å²) in [6, 6.07) is 13.8. The van der Waals surface area contributed by atoms with Crippen molar-refractivity contribution in [3.8, 4) is 0 Å². The van der Waals surface area contributed by atoms with Gasteiger partial charge in [0.1, 0.15) is 5.82 Å². The molecule has 1 heterocycles. The Morgan fingerprint density at radius 2 is 1.78 bits per heavy atom. The first-order valence-electron chi connectivity index (χ1n) is 8.56. The minimum absolute atomic E-state index is 0.124. The number of aryl methyl sites for hydroxylation is 1. The number of aromatic nitrogens is 2. The summed E-state index contributed by atoms with van der Waals surface area (Å²) in [6.45, 7) is 0. The van der Waals surface area contributed by atoms with Crippen molar-refractivity contribution in [1.82, 2.24) is 14.9 Å². The van der Waals surface area contributed by atoms with Gasteiger partial charge in [-0.15, -0.1) is 0 Å². The van der Waals surface area contributed by atoms with Crippen molar-refractivity contribution in [1.29, 1.82) is 0 Å². The van der Waals surface area contributed by atoms with Crippen LogP contribution in [0.5, 0.6) is 0 Å². The summed E-state index contributed by atoms with van der Waals surface area (Å²) in [5, 5.41) is 5.88. The summed E-state index contributed by atoms with van der Waals surface area (Å²) in [5.74, 6) is 0.185. The maximum Gasteiger partial charge on any atom is 0.261 e. The zero-order valence-corrected chi connectivity index (χ0v) is 15.2. The third-order valence-electron chi connectivity index (χ3n) is 4.31. The van der Waals surface area contributed by atoms with E-state index in [4.69, 9.17) is 0 Å². The Morgan fingerprint density at radius 3 is 2.48 bits per heavy atom. The fourth-order valence-electron chi connectivity index (χ4n) is 2.79. The molecule has 0 aliphatic heterocycles. The topological polar surface area (TPSA) is 93.1 Å². The molecule has 27 heavy (non-hydrogen) atoms. The predicted molar refractivity (Wildman–Crippen MR) is 104 cm³/mol. The van der Waals surface area contributed by atoms with Gasteiger partial charge in [0.15, 0.2) is 0 Å². The summed E-state index contributed by atoms with van der Waals surface area (Å²) < 4.78 is 1.48. The molecule has 3 aromatic rings. The molecule has 0 bridgehead atoms. The second kappa shape index (κ2) is 7.82. The Bertz CT molecular complexity index is 1060. The molecule has 0 spiro atoms. The van der Waals surface area contributed by atoms with Crippen LogP contribution in [0.3, 0.4) is 0 Å². The van der Waals surface area contributed by atoms with E-state index < -0.39 is 0 Å². The molecule has 2 amide bonds. The summed E-state index contributed by atoms with van der Waals surface area (Å²) in [6.07, 6.45) is 0.536. The number of benzene rings is 2. The van der Waals surface area contributed by atoms with Crippen LogP contribution >= 0.6 is 0 Å². The number of carbonyl (C=O) groups is 2. The fourth-order valence-corrected chi connectivity index (χ4v) is 2.79. The number of hydrogen-bond acceptors (Lipinski definition) is 4. The number of rotatable bonds is 5. The lowest BCUT2D eigenvalue weighted by molar-refractivity contribution is -0.116. The normalized spacial score (nSPS) is 10.6. The highest BCUT2D eigenvalue weighted by Gasteiger charge is 2.10. The van der Waals surface area contributed by atoms with Gasteiger partial charge in [-0.3, -0.25) is 19.0 Å². The first-order chi connectivity index (χ1) is 13.0. The first-order valence-corrected chi connectivity index (χ1v) is 8.56. The number of anilines is 1. The van der Waals surface area contributed by atoms with E-state index in [1.807, 2.05) is 6.07 Å². The van der Waals surface area contributed by atoms with Crippen LogP contribution in [-0.4, -0.2) is 28.4 Å². The van der Waals surface area contributed by atoms with E-state index >= 15 is 0 Å². The molecule has 138 valence electrons. The van der Waals surface area contributed by atoms with Crippen molar-refractivity contribution in [2.75, 3.05) is 12.4 Å². The quantitative estimate of drug-likeness (QED) is 0.723. The monoisotopic (exact) mass is 364 g/mol. The second-order valence-corrected chi connectivity index (χ2v) is 6.11. The SMILES string of the molecule is CNC(=O)c1ccc(NC(=O)CCc2nc3ccccc3c(=O)n2C)cc1. The van der Waals surface area contributed by atoms with Crippen LogP contribution in [0.1, 0.15) is 22.6 Å². The molecule has 0 aliphatic rings. The highest BCUT2D eigenvalue weighted by Crippen LogP contribution is 2.12. The molecule has 7 nitrogen and oxygen atoms in total. The molecule has 7 heteroatoms. The molecular weight excluding hydrogens is 344 g/mol. The highest BCUT2D eigenvalue weighted by molar-refractivity contribution is 5.95. The minimum Gasteiger partial charge on any atom is -0.355 e. The number of nitrogens with one attached hydrogen (secondary N) is 2. The van der Waals surface area contributed by atoms with Gasteiger partial charge in [0.25, 0.3) is 11.5 Å². The largest absolute Gasteiger partial charge is 0.355 e. The van der Waals surface area contributed by atoms with Crippen molar-refractivity contribution in [3.05, 3.63) is 70.3 Å². The van der Waals surface area contributed by atoms with Crippen LogP contribution in [0, 0.1) is 0 Å². The third-order valence-corrected chi connectivity index (χ3v) is 4.31. The van der Waals surface area contributed by atoms with Crippen LogP contribution in [0.25, 0.3) is 10.9 Å². The molecular formula is C20H20N4O3. The van der Waals surface area contributed by atoms with Crippen molar-refractivity contribution in [2.24, 2.45) is 7.05 Å². The summed E-state index contributed by atoms with van der Waals surface area (Å²) in [4.78, 5) is 40.6. The third kappa shape index (κ3) is 4.03. The molecule has 0 radical (unpaired) electrons. The molecule has 0 saturated heterocycles. The van der Waals surface area contributed by atoms with Crippen LogP contribution in [0.2, 0.25) is 0 Å². The molecule has 0 atom stereocenters. The van der Waals surface area contributed by atoms with Gasteiger partial charge in [0.2, 0.25) is 5.91 Å². The van der Waals surface area contributed by atoms with Crippen LogP contribution < -0.4 is 16.2 Å². The minimum atomic E-state index is -0.190. The van der Waals surface area contributed by atoms with E-state index in [0.29, 0.717) is 34.4 Å². The van der Waals surface area contributed by atoms with Gasteiger partial charge in [-0.05, 0) is 36.4 Å². The molecule has 0 unspecified atom stereocenters. The number of fused-ring (bicyclic) bond motifs is 1. The van der Waals surface area contributed by atoms with E-state index in [0.717, 1.165) is 0 Å². The molecule has 0 aliphatic carbocycles. The van der Waals surface area contributed by atoms with Crippen LogP contribution in [0.4, 0.5) is 5.69 Å². The maximum absolute atomic E-state index is 12.4. The molecule has 0 fully saturated rings. The average Bonchev–Trinajstić information content (AvgIpc) is 2.69. The molecule has 0 saturated carbocycles. The smallest absolute Gasteiger partial charge is 0.261 e. The van der Waals surface area contributed by atoms with Gasteiger partial charge >= 0.3 is 0 Å². The van der Waals surface area contributed by atoms with Crippen LogP contribution in [0.15, 0.2) is 53.3 Å². The number of nitrogens with zero attached hydrogens (tertiary/aromatic N) is 2. The summed E-state index contributed by atoms with van der Waals surface area (Å²) in [5.41, 5.74) is 1.63. The lowest BCUT2D eigenvalue weighted by Gasteiger charge is -2.10. The lowest BCUT2D eigenvalue weighted by Crippen LogP contribution is -2.23. The predicted octanol–water partition coefficient (Wildman–Crippen LogP) is 1.86. The Morgan fingerprint density at radius 1 is 1.07 bits per heavy atom. The van der Waals surface area contributed by atoms with Gasteiger partial charge in [-0.25, -0.2) is 4.98 Å². The van der Waals surface area contributed by atoms with Crippen LogP contribution in [-0.2, 0) is 18.3 Å². The van der Waals surface area contributed by atoms with Gasteiger partial charge in [0.05, 0.1) is 10.9 Å². The molecule has 2 N–H and O–H groups in total. The van der Waals surface area contributed by atoms with Gasteiger partial charge < -0.3 is 10.6 Å². The zero-order valence-electron chi connectivity index (χ0n) is 15.2. The summed E-state index contributed by atoms with van der Waals surface area (Å²) >= 11 is 0. The number of para-hydroxylation sites is 1. The number of amides is 2. The zero-order chi connectivity index (χ0) is 19.4. The van der Waals surface area contributed by atoms with Gasteiger partial charge in [0, 0.05) is 38.2 Å². The first kappa shape index (κ1) is 18.3. The van der Waals surface area contributed by atoms with Crippen molar-refractivity contribution >= 4 is 28.4 Å². The highest BCUT2D eigenvalue weighted by atomic mass is 16.2. The molecule has 3 rings (SSSR count).